The molecule has 0 spiro atoms. The zero-order valence-corrected chi connectivity index (χ0v) is 13.3. The van der Waals surface area contributed by atoms with Gasteiger partial charge in [0.05, 0.1) is 22.4 Å². The van der Waals surface area contributed by atoms with Crippen molar-refractivity contribution in [1.29, 1.82) is 0 Å². The summed E-state index contributed by atoms with van der Waals surface area (Å²) in [6, 6.07) is 11.4. The van der Waals surface area contributed by atoms with E-state index in [-0.39, 0.29) is 10.8 Å². The molecule has 2 aromatic rings. The average Bonchev–Trinajstić information content (AvgIpc) is 2.53. The van der Waals surface area contributed by atoms with E-state index in [2.05, 4.69) is 10.3 Å². The molecule has 1 N–H and O–H groups in total. The van der Waals surface area contributed by atoms with Crippen molar-refractivity contribution in [3.05, 3.63) is 59.9 Å². The van der Waals surface area contributed by atoms with Crippen LogP contribution < -0.4 is 5.32 Å². The Morgan fingerprint density at radius 3 is 2.36 bits per heavy atom. The minimum Gasteiger partial charge on any atom is -0.346 e. The molecule has 0 saturated heterocycles. The Kier molecular flexibility index (Phi) is 4.92. The van der Waals surface area contributed by atoms with Crippen LogP contribution in [0.4, 0.5) is 0 Å². The summed E-state index contributed by atoms with van der Waals surface area (Å²) >= 11 is 0. The molecule has 0 aliphatic carbocycles. The lowest BCUT2D eigenvalue weighted by Crippen LogP contribution is -2.23. The second kappa shape index (κ2) is 6.70. The molecule has 1 aromatic carbocycles. The summed E-state index contributed by atoms with van der Waals surface area (Å²) in [6.07, 6.45) is 1.66. The number of rotatable bonds is 5. The minimum absolute atomic E-state index is 0.226. The zero-order valence-electron chi connectivity index (χ0n) is 12.5. The van der Waals surface area contributed by atoms with Gasteiger partial charge in [0.1, 0.15) is 0 Å². The topological polar surface area (TPSA) is 76.1 Å². The SMILES string of the molecule is CC(C)S(=O)(=O)c1ccc(C(=O)NCc2ccccn2)cc1. The summed E-state index contributed by atoms with van der Waals surface area (Å²) in [4.78, 5) is 16.4. The number of aromatic nitrogens is 1. The Bertz CT molecular complexity index is 739. The maximum atomic E-state index is 12.0. The molecule has 0 fully saturated rings. The van der Waals surface area contributed by atoms with Gasteiger partial charge in [0.15, 0.2) is 9.84 Å². The quantitative estimate of drug-likeness (QED) is 0.917. The second-order valence-corrected chi connectivity index (χ2v) is 7.63. The summed E-state index contributed by atoms with van der Waals surface area (Å²) in [5.41, 5.74) is 1.17. The van der Waals surface area contributed by atoms with E-state index in [0.717, 1.165) is 5.69 Å². The molecule has 0 atom stereocenters. The standard InChI is InChI=1S/C16H18N2O3S/c1-12(2)22(20,21)15-8-6-13(7-9-15)16(19)18-11-14-5-3-4-10-17-14/h3-10,12H,11H2,1-2H3,(H,18,19). The van der Waals surface area contributed by atoms with Gasteiger partial charge in [-0.1, -0.05) is 6.07 Å². The van der Waals surface area contributed by atoms with E-state index < -0.39 is 15.1 Å². The van der Waals surface area contributed by atoms with Crippen LogP contribution in [0.25, 0.3) is 0 Å². The molecular weight excluding hydrogens is 300 g/mol. The van der Waals surface area contributed by atoms with Gasteiger partial charge in [-0.05, 0) is 50.2 Å². The Labute approximate surface area is 130 Å². The van der Waals surface area contributed by atoms with E-state index in [9.17, 15) is 13.2 Å². The van der Waals surface area contributed by atoms with Crippen molar-refractivity contribution < 1.29 is 13.2 Å². The fraction of sp³-hybridized carbons (Fsp3) is 0.250. The third-order valence-corrected chi connectivity index (χ3v) is 5.39. The van der Waals surface area contributed by atoms with E-state index in [1.54, 1.807) is 26.1 Å². The van der Waals surface area contributed by atoms with Crippen molar-refractivity contribution >= 4 is 15.7 Å². The first-order valence-electron chi connectivity index (χ1n) is 6.93. The highest BCUT2D eigenvalue weighted by Crippen LogP contribution is 2.16. The van der Waals surface area contributed by atoms with Crippen LogP contribution in [0.3, 0.4) is 0 Å². The molecule has 0 bridgehead atoms. The molecule has 0 aliphatic heterocycles. The van der Waals surface area contributed by atoms with Gasteiger partial charge in [0, 0.05) is 11.8 Å². The molecule has 5 nitrogen and oxygen atoms in total. The number of benzene rings is 1. The predicted octanol–water partition coefficient (Wildman–Crippen LogP) is 2.19. The molecule has 6 heteroatoms. The van der Waals surface area contributed by atoms with Gasteiger partial charge in [-0.2, -0.15) is 0 Å². The third-order valence-electron chi connectivity index (χ3n) is 3.22. The third kappa shape index (κ3) is 3.71. The van der Waals surface area contributed by atoms with E-state index in [4.69, 9.17) is 0 Å². The van der Waals surface area contributed by atoms with Crippen LogP contribution >= 0.6 is 0 Å². The number of sulfone groups is 1. The van der Waals surface area contributed by atoms with Gasteiger partial charge >= 0.3 is 0 Å². The number of carbonyl (C=O) groups excluding carboxylic acids is 1. The molecule has 22 heavy (non-hydrogen) atoms. The van der Waals surface area contributed by atoms with Crippen molar-refractivity contribution in [2.45, 2.75) is 30.5 Å². The van der Waals surface area contributed by atoms with Crippen LogP contribution in [-0.4, -0.2) is 24.6 Å². The molecule has 1 heterocycles. The van der Waals surface area contributed by atoms with Gasteiger partial charge in [-0.25, -0.2) is 8.42 Å². The van der Waals surface area contributed by atoms with Crippen molar-refractivity contribution in [1.82, 2.24) is 10.3 Å². The van der Waals surface area contributed by atoms with Crippen molar-refractivity contribution in [3.8, 4) is 0 Å². The van der Waals surface area contributed by atoms with Crippen molar-refractivity contribution in [2.24, 2.45) is 0 Å². The molecule has 0 radical (unpaired) electrons. The molecule has 1 aromatic heterocycles. The largest absolute Gasteiger partial charge is 0.346 e. The second-order valence-electron chi connectivity index (χ2n) is 5.12. The summed E-state index contributed by atoms with van der Waals surface area (Å²) in [5.74, 6) is -0.265. The molecule has 0 saturated carbocycles. The van der Waals surface area contributed by atoms with E-state index in [0.29, 0.717) is 12.1 Å². The first-order chi connectivity index (χ1) is 10.4. The molecule has 116 valence electrons. The van der Waals surface area contributed by atoms with Crippen LogP contribution in [0.1, 0.15) is 29.9 Å². The Hall–Kier alpha value is -2.21. The average molecular weight is 318 g/mol. The smallest absolute Gasteiger partial charge is 0.251 e. The van der Waals surface area contributed by atoms with Gasteiger partial charge in [0.2, 0.25) is 0 Å². The Morgan fingerprint density at radius 1 is 1.14 bits per heavy atom. The Balaban J connectivity index is 2.06. The van der Waals surface area contributed by atoms with Crippen molar-refractivity contribution in [2.75, 3.05) is 0 Å². The predicted molar refractivity (Wildman–Crippen MR) is 84.2 cm³/mol. The Morgan fingerprint density at radius 2 is 1.82 bits per heavy atom. The first kappa shape index (κ1) is 16.2. The van der Waals surface area contributed by atoms with Gasteiger partial charge in [0.25, 0.3) is 5.91 Å². The maximum Gasteiger partial charge on any atom is 0.251 e. The van der Waals surface area contributed by atoms with Gasteiger partial charge in [-0.3, -0.25) is 9.78 Å². The zero-order chi connectivity index (χ0) is 16.2. The van der Waals surface area contributed by atoms with Crippen LogP contribution in [-0.2, 0) is 16.4 Å². The number of nitrogens with one attached hydrogen (secondary N) is 1. The van der Waals surface area contributed by atoms with Gasteiger partial charge < -0.3 is 5.32 Å². The summed E-state index contributed by atoms with van der Waals surface area (Å²) in [5, 5.41) is 2.26. The monoisotopic (exact) mass is 318 g/mol. The van der Waals surface area contributed by atoms with Crippen LogP contribution in [0.5, 0.6) is 0 Å². The van der Waals surface area contributed by atoms with E-state index in [1.807, 2.05) is 12.1 Å². The number of nitrogens with zero attached hydrogens (tertiary/aromatic N) is 1. The molecule has 1 amide bonds. The van der Waals surface area contributed by atoms with Crippen LogP contribution in [0, 0.1) is 0 Å². The normalized spacial score (nSPS) is 11.4. The lowest BCUT2D eigenvalue weighted by molar-refractivity contribution is 0.0950. The number of hydrogen-bond acceptors (Lipinski definition) is 4. The van der Waals surface area contributed by atoms with E-state index in [1.165, 1.54) is 24.3 Å². The summed E-state index contributed by atoms with van der Waals surface area (Å²) < 4.78 is 24.0. The highest BCUT2D eigenvalue weighted by atomic mass is 32.2. The number of pyridine rings is 1. The highest BCUT2D eigenvalue weighted by Gasteiger charge is 2.19. The molecular formula is C16H18N2O3S. The van der Waals surface area contributed by atoms with Crippen molar-refractivity contribution in [3.63, 3.8) is 0 Å². The van der Waals surface area contributed by atoms with Crippen LogP contribution in [0.15, 0.2) is 53.6 Å². The maximum absolute atomic E-state index is 12.0. The molecule has 0 unspecified atom stereocenters. The van der Waals surface area contributed by atoms with Crippen LogP contribution in [0.2, 0.25) is 0 Å². The number of amides is 1. The lowest BCUT2D eigenvalue weighted by Gasteiger charge is -2.09. The fourth-order valence-corrected chi connectivity index (χ4v) is 2.90. The summed E-state index contributed by atoms with van der Waals surface area (Å²) in [7, 11) is -3.32. The highest BCUT2D eigenvalue weighted by molar-refractivity contribution is 7.92. The molecule has 0 aliphatic rings. The number of hydrogen-bond donors (Lipinski definition) is 1. The number of carbonyl (C=O) groups is 1. The minimum atomic E-state index is -3.32. The lowest BCUT2D eigenvalue weighted by atomic mass is 10.2. The van der Waals surface area contributed by atoms with Gasteiger partial charge in [-0.15, -0.1) is 0 Å². The first-order valence-corrected chi connectivity index (χ1v) is 8.48. The fourth-order valence-electron chi connectivity index (χ4n) is 1.84. The summed E-state index contributed by atoms with van der Waals surface area (Å²) in [6.45, 7) is 3.58. The molecule has 2 rings (SSSR count). The van der Waals surface area contributed by atoms with E-state index >= 15 is 0 Å².